The second kappa shape index (κ2) is 7.04. The lowest BCUT2D eigenvalue weighted by Gasteiger charge is -2.07. The molecule has 0 atom stereocenters. The van der Waals surface area contributed by atoms with E-state index in [1.54, 1.807) is 26.4 Å². The number of methoxy groups -OCH3 is 1. The van der Waals surface area contributed by atoms with Crippen molar-refractivity contribution < 1.29 is 4.74 Å². The van der Waals surface area contributed by atoms with Crippen molar-refractivity contribution in [3.63, 3.8) is 0 Å². The van der Waals surface area contributed by atoms with Crippen LogP contribution >= 0.6 is 11.6 Å². The Morgan fingerprint density at radius 2 is 2.05 bits per heavy atom. The Kier molecular flexibility index (Phi) is 5.12. The number of benzene rings is 1. The molecular weight excluding hydrogens is 284 g/mol. The van der Waals surface area contributed by atoms with Crippen molar-refractivity contribution in [3.8, 4) is 11.1 Å². The van der Waals surface area contributed by atoms with Crippen LogP contribution in [0.25, 0.3) is 16.7 Å². The fraction of sp³-hybridized carbons (Fsp3) is 0.176. The molecule has 21 heavy (non-hydrogen) atoms. The minimum atomic E-state index is 0.609. The molecule has 108 valence electrons. The Morgan fingerprint density at radius 3 is 2.67 bits per heavy atom. The van der Waals surface area contributed by atoms with E-state index in [0.717, 1.165) is 22.3 Å². The number of hydrogen-bond donors (Lipinski definition) is 0. The summed E-state index contributed by atoms with van der Waals surface area (Å²) in [6, 6.07) is 9.88. The minimum absolute atomic E-state index is 0.609. The largest absolute Gasteiger partial charge is 0.484 e. The van der Waals surface area contributed by atoms with Gasteiger partial charge in [0, 0.05) is 36.1 Å². The first-order valence-electron chi connectivity index (χ1n) is 6.57. The van der Waals surface area contributed by atoms with Crippen molar-refractivity contribution >= 4 is 23.1 Å². The zero-order valence-electron chi connectivity index (χ0n) is 12.3. The van der Waals surface area contributed by atoms with Gasteiger partial charge in [-0.2, -0.15) is 0 Å². The summed E-state index contributed by atoms with van der Waals surface area (Å²) >= 11 is 6.38. The Bertz CT molecular complexity index is 678. The summed E-state index contributed by atoms with van der Waals surface area (Å²) in [6.45, 7) is 3.77. The lowest BCUT2D eigenvalue weighted by atomic mass is 10.0. The van der Waals surface area contributed by atoms with Gasteiger partial charge in [0.1, 0.15) is 0 Å². The molecule has 2 rings (SSSR count). The van der Waals surface area contributed by atoms with Crippen molar-refractivity contribution in [2.45, 2.75) is 13.8 Å². The number of pyridine rings is 1. The van der Waals surface area contributed by atoms with Crippen LogP contribution in [-0.2, 0) is 4.74 Å². The maximum Gasteiger partial charge on any atom is 0.184 e. The van der Waals surface area contributed by atoms with Gasteiger partial charge < -0.3 is 4.74 Å². The molecule has 0 N–H and O–H groups in total. The van der Waals surface area contributed by atoms with Gasteiger partial charge in [-0.05, 0) is 35.8 Å². The van der Waals surface area contributed by atoms with Gasteiger partial charge >= 0.3 is 0 Å². The summed E-state index contributed by atoms with van der Waals surface area (Å²) in [4.78, 5) is 8.32. The van der Waals surface area contributed by atoms with E-state index in [4.69, 9.17) is 16.3 Å². The highest BCUT2D eigenvalue weighted by molar-refractivity contribution is 6.32. The van der Waals surface area contributed by atoms with Gasteiger partial charge in [-0.1, -0.05) is 29.8 Å². The topological polar surface area (TPSA) is 34.5 Å². The van der Waals surface area contributed by atoms with Crippen LogP contribution in [0.4, 0.5) is 0 Å². The van der Waals surface area contributed by atoms with E-state index in [2.05, 4.69) is 9.98 Å². The number of nitrogens with zero attached hydrogens (tertiary/aromatic N) is 2. The monoisotopic (exact) mass is 300 g/mol. The van der Waals surface area contributed by atoms with Crippen LogP contribution in [0.5, 0.6) is 0 Å². The van der Waals surface area contributed by atoms with Crippen molar-refractivity contribution in [1.82, 2.24) is 4.98 Å². The van der Waals surface area contributed by atoms with Crippen LogP contribution in [0.1, 0.15) is 19.4 Å². The SMILES string of the molecule is COC(C)=N/C=C(\C)c1ccc(-c2cccnc2)cc1Cl. The maximum absolute atomic E-state index is 6.38. The van der Waals surface area contributed by atoms with Crippen LogP contribution in [0, 0.1) is 0 Å². The first-order valence-corrected chi connectivity index (χ1v) is 6.95. The van der Waals surface area contributed by atoms with Gasteiger partial charge in [0.25, 0.3) is 0 Å². The molecule has 3 nitrogen and oxygen atoms in total. The lowest BCUT2D eigenvalue weighted by molar-refractivity contribution is 0.400. The van der Waals surface area contributed by atoms with E-state index >= 15 is 0 Å². The molecule has 0 radical (unpaired) electrons. The Morgan fingerprint density at radius 1 is 1.24 bits per heavy atom. The van der Waals surface area contributed by atoms with Crippen LogP contribution < -0.4 is 0 Å². The average Bonchev–Trinajstić information content (AvgIpc) is 2.53. The van der Waals surface area contributed by atoms with Gasteiger partial charge in [-0.3, -0.25) is 4.98 Å². The van der Waals surface area contributed by atoms with Gasteiger partial charge in [-0.15, -0.1) is 0 Å². The zero-order valence-corrected chi connectivity index (χ0v) is 13.1. The van der Waals surface area contributed by atoms with Gasteiger partial charge in [-0.25, -0.2) is 4.99 Å². The molecule has 0 aliphatic carbocycles. The second-order valence-corrected chi connectivity index (χ2v) is 5.01. The summed E-state index contributed by atoms with van der Waals surface area (Å²) in [5.74, 6) is 0.609. The van der Waals surface area contributed by atoms with E-state index in [0.29, 0.717) is 10.9 Å². The number of ether oxygens (including phenoxy) is 1. The predicted molar refractivity (Wildman–Crippen MR) is 88.5 cm³/mol. The maximum atomic E-state index is 6.38. The highest BCUT2D eigenvalue weighted by Crippen LogP contribution is 2.29. The molecule has 0 amide bonds. The second-order valence-electron chi connectivity index (χ2n) is 4.60. The first kappa shape index (κ1) is 15.3. The Labute approximate surface area is 130 Å². The Hall–Kier alpha value is -2.13. The number of aliphatic imine (C=N–C) groups is 1. The molecule has 0 saturated carbocycles. The summed E-state index contributed by atoms with van der Waals surface area (Å²) in [6.07, 6.45) is 5.33. The molecule has 0 spiro atoms. The van der Waals surface area contributed by atoms with Crippen molar-refractivity contribution in [3.05, 3.63) is 59.5 Å². The lowest BCUT2D eigenvalue weighted by Crippen LogP contribution is -1.92. The number of allylic oxidation sites excluding steroid dienone is 1. The molecule has 2 aromatic rings. The molecule has 1 aromatic heterocycles. The van der Waals surface area contributed by atoms with Crippen LogP contribution in [0.2, 0.25) is 5.02 Å². The molecule has 1 aromatic carbocycles. The fourth-order valence-corrected chi connectivity index (χ4v) is 2.19. The number of rotatable bonds is 3. The van der Waals surface area contributed by atoms with E-state index in [1.165, 1.54) is 0 Å². The van der Waals surface area contributed by atoms with Gasteiger partial charge in [0.05, 0.1) is 7.11 Å². The summed E-state index contributed by atoms with van der Waals surface area (Å²) in [5, 5.41) is 0.690. The molecule has 0 aliphatic rings. The standard InChI is InChI=1S/C17H17ClN2O/c1-12(10-20-13(2)21-3)16-7-6-14(9-17(16)18)15-5-4-8-19-11-15/h4-11H,1-3H3/b12-10+,20-13?. The van der Waals surface area contributed by atoms with Crippen molar-refractivity contribution in [2.75, 3.05) is 7.11 Å². The molecule has 0 saturated heterocycles. The first-order chi connectivity index (χ1) is 10.1. The molecule has 0 unspecified atom stereocenters. The molecule has 0 aliphatic heterocycles. The number of halogens is 1. The molecule has 0 fully saturated rings. The normalized spacial score (nSPS) is 12.4. The van der Waals surface area contributed by atoms with Gasteiger partial charge in [0.2, 0.25) is 0 Å². The van der Waals surface area contributed by atoms with E-state index < -0.39 is 0 Å². The quantitative estimate of drug-likeness (QED) is 0.601. The summed E-state index contributed by atoms with van der Waals surface area (Å²) in [7, 11) is 1.59. The van der Waals surface area contributed by atoms with Crippen molar-refractivity contribution in [1.29, 1.82) is 0 Å². The van der Waals surface area contributed by atoms with E-state index in [9.17, 15) is 0 Å². The average molecular weight is 301 g/mol. The Balaban J connectivity index is 2.32. The predicted octanol–water partition coefficient (Wildman–Crippen LogP) is 4.83. The van der Waals surface area contributed by atoms with Gasteiger partial charge in [0.15, 0.2) is 5.90 Å². The van der Waals surface area contributed by atoms with Crippen LogP contribution in [0.3, 0.4) is 0 Å². The third-order valence-corrected chi connectivity index (χ3v) is 3.44. The summed E-state index contributed by atoms with van der Waals surface area (Å²) in [5.41, 5.74) is 4.02. The third kappa shape index (κ3) is 3.92. The number of aromatic nitrogens is 1. The molecular formula is C17H17ClN2O. The van der Waals surface area contributed by atoms with E-state index in [1.807, 2.05) is 43.5 Å². The molecule has 1 heterocycles. The van der Waals surface area contributed by atoms with Crippen LogP contribution in [-0.4, -0.2) is 18.0 Å². The summed E-state index contributed by atoms with van der Waals surface area (Å²) < 4.78 is 5.01. The smallest absolute Gasteiger partial charge is 0.184 e. The van der Waals surface area contributed by atoms with Crippen LogP contribution in [0.15, 0.2) is 53.9 Å². The highest BCUT2D eigenvalue weighted by Gasteiger charge is 2.05. The fourth-order valence-electron chi connectivity index (χ4n) is 1.86. The molecule has 0 bridgehead atoms. The van der Waals surface area contributed by atoms with Crippen molar-refractivity contribution in [2.24, 2.45) is 4.99 Å². The van der Waals surface area contributed by atoms with E-state index in [-0.39, 0.29) is 0 Å². The third-order valence-electron chi connectivity index (χ3n) is 3.12. The number of hydrogen-bond acceptors (Lipinski definition) is 3. The minimum Gasteiger partial charge on any atom is -0.484 e. The molecule has 4 heteroatoms. The zero-order chi connectivity index (χ0) is 15.2. The highest BCUT2D eigenvalue weighted by atomic mass is 35.5.